The second-order valence-corrected chi connectivity index (χ2v) is 2.62. The number of hydrogen-bond acceptors (Lipinski definition) is 2. The molecular weight excluding hydrogens is 152 g/mol. The summed E-state index contributed by atoms with van der Waals surface area (Å²) in [6, 6.07) is -0.0648. The van der Waals surface area contributed by atoms with E-state index in [-0.39, 0.29) is 11.9 Å². The van der Waals surface area contributed by atoms with Crippen LogP contribution in [0, 0.1) is 5.92 Å². The summed E-state index contributed by atoms with van der Waals surface area (Å²) in [5, 5.41) is 5.54. The lowest BCUT2D eigenvalue weighted by atomic mass is 10.0. The molecule has 0 heterocycles. The molecule has 0 unspecified atom stereocenters. The summed E-state index contributed by atoms with van der Waals surface area (Å²) in [6.45, 7) is 8.02. The number of amides is 1. The number of likely N-dealkylation sites (N-methyl/N-ethyl adjacent to an activating group) is 2. The molecule has 0 aliphatic rings. The van der Waals surface area contributed by atoms with Crippen LogP contribution in [0.4, 0.5) is 0 Å². The van der Waals surface area contributed by atoms with Crippen molar-refractivity contribution < 1.29 is 4.79 Å². The molecule has 0 fully saturated rings. The third kappa shape index (κ3) is 5.13. The number of carbonyl (C=O) groups excluding carboxylic acids is 1. The van der Waals surface area contributed by atoms with Crippen molar-refractivity contribution in [2.75, 3.05) is 14.1 Å². The molecule has 1 amide bonds. The maximum atomic E-state index is 11.0. The number of carbonyl (C=O) groups is 1. The van der Waals surface area contributed by atoms with Crippen LogP contribution in [0.5, 0.6) is 0 Å². The maximum absolute atomic E-state index is 11.0. The highest BCUT2D eigenvalue weighted by atomic mass is 16.2. The summed E-state index contributed by atoms with van der Waals surface area (Å²) in [5.74, 6) is 0.391. The summed E-state index contributed by atoms with van der Waals surface area (Å²) < 4.78 is 0. The second kappa shape index (κ2) is 8.53. The van der Waals surface area contributed by atoms with Crippen LogP contribution in [0.25, 0.3) is 0 Å². The largest absolute Gasteiger partial charge is 0.358 e. The molecule has 2 N–H and O–H groups in total. The van der Waals surface area contributed by atoms with Gasteiger partial charge in [0.25, 0.3) is 0 Å². The van der Waals surface area contributed by atoms with Crippen molar-refractivity contribution in [3.8, 4) is 0 Å². The Morgan fingerprint density at radius 2 is 1.58 bits per heavy atom. The SMILES string of the molecule is CC.CNC(=O)[C@@H](NC)C(C)C. The third-order valence-electron chi connectivity index (χ3n) is 1.51. The third-order valence-corrected chi connectivity index (χ3v) is 1.51. The van der Waals surface area contributed by atoms with Crippen LogP contribution in [0.1, 0.15) is 27.7 Å². The van der Waals surface area contributed by atoms with Gasteiger partial charge in [-0.25, -0.2) is 0 Å². The number of rotatable bonds is 3. The van der Waals surface area contributed by atoms with Gasteiger partial charge in [-0.2, -0.15) is 0 Å². The Bertz CT molecular complexity index is 113. The van der Waals surface area contributed by atoms with Crippen LogP contribution in [0.3, 0.4) is 0 Å². The molecule has 3 heteroatoms. The minimum atomic E-state index is -0.0648. The first-order valence-electron chi connectivity index (χ1n) is 4.52. The Hall–Kier alpha value is -0.570. The van der Waals surface area contributed by atoms with Crippen molar-refractivity contribution in [3.63, 3.8) is 0 Å². The lowest BCUT2D eigenvalue weighted by Gasteiger charge is -2.17. The normalized spacial score (nSPS) is 11.6. The van der Waals surface area contributed by atoms with Gasteiger partial charge in [0.15, 0.2) is 0 Å². The molecule has 0 bridgehead atoms. The van der Waals surface area contributed by atoms with E-state index in [4.69, 9.17) is 0 Å². The monoisotopic (exact) mass is 174 g/mol. The van der Waals surface area contributed by atoms with E-state index in [0.717, 1.165) is 0 Å². The smallest absolute Gasteiger partial charge is 0.237 e. The van der Waals surface area contributed by atoms with Crippen LogP contribution in [-0.2, 0) is 4.79 Å². The molecule has 1 atom stereocenters. The fourth-order valence-electron chi connectivity index (χ4n) is 0.923. The highest BCUT2D eigenvalue weighted by Crippen LogP contribution is 1.99. The van der Waals surface area contributed by atoms with Gasteiger partial charge in [0.05, 0.1) is 6.04 Å². The highest BCUT2D eigenvalue weighted by molar-refractivity contribution is 5.81. The summed E-state index contributed by atoms with van der Waals surface area (Å²) in [7, 11) is 3.44. The van der Waals surface area contributed by atoms with Gasteiger partial charge in [0.2, 0.25) is 5.91 Å². The number of hydrogen-bond donors (Lipinski definition) is 2. The minimum Gasteiger partial charge on any atom is -0.358 e. The van der Waals surface area contributed by atoms with Gasteiger partial charge >= 0.3 is 0 Å². The van der Waals surface area contributed by atoms with E-state index in [1.54, 1.807) is 14.1 Å². The van der Waals surface area contributed by atoms with Crippen molar-refractivity contribution in [2.24, 2.45) is 5.92 Å². The molecule has 0 aliphatic carbocycles. The van der Waals surface area contributed by atoms with E-state index in [1.807, 2.05) is 27.7 Å². The lowest BCUT2D eigenvalue weighted by molar-refractivity contribution is -0.123. The van der Waals surface area contributed by atoms with Crippen molar-refractivity contribution >= 4 is 5.91 Å². The molecule has 12 heavy (non-hydrogen) atoms. The van der Waals surface area contributed by atoms with Gasteiger partial charge in [-0.05, 0) is 13.0 Å². The standard InChI is InChI=1S/C7H16N2O.C2H6/c1-5(2)6(8-3)7(10)9-4;1-2/h5-6,8H,1-4H3,(H,9,10);1-2H3/t6-;/m0./s1. The molecule has 0 rings (SSSR count). The van der Waals surface area contributed by atoms with Gasteiger partial charge < -0.3 is 10.6 Å². The van der Waals surface area contributed by atoms with Gasteiger partial charge in [0.1, 0.15) is 0 Å². The van der Waals surface area contributed by atoms with E-state index in [0.29, 0.717) is 5.92 Å². The quantitative estimate of drug-likeness (QED) is 0.670. The van der Waals surface area contributed by atoms with Crippen LogP contribution >= 0.6 is 0 Å². The maximum Gasteiger partial charge on any atom is 0.237 e. The second-order valence-electron chi connectivity index (χ2n) is 2.62. The minimum absolute atomic E-state index is 0.0532. The van der Waals surface area contributed by atoms with Gasteiger partial charge in [0, 0.05) is 7.05 Å². The molecule has 74 valence electrons. The summed E-state index contributed by atoms with van der Waals surface area (Å²) in [6.07, 6.45) is 0. The van der Waals surface area contributed by atoms with Crippen LogP contribution in [0.15, 0.2) is 0 Å². The predicted octanol–water partition coefficient (Wildman–Crippen LogP) is 1.00. The number of nitrogens with one attached hydrogen (secondary N) is 2. The first-order chi connectivity index (χ1) is 5.63. The topological polar surface area (TPSA) is 41.1 Å². The zero-order valence-electron chi connectivity index (χ0n) is 9.06. The Kier molecular flexibility index (Phi) is 9.93. The average molecular weight is 174 g/mol. The van der Waals surface area contributed by atoms with E-state index in [2.05, 4.69) is 10.6 Å². The zero-order chi connectivity index (χ0) is 10.1. The van der Waals surface area contributed by atoms with E-state index < -0.39 is 0 Å². The Labute approximate surface area is 75.9 Å². The Balaban J connectivity index is 0. The molecule has 0 aromatic heterocycles. The molecule has 0 aromatic rings. The van der Waals surface area contributed by atoms with Crippen LogP contribution in [0.2, 0.25) is 0 Å². The van der Waals surface area contributed by atoms with Crippen molar-refractivity contribution in [2.45, 2.75) is 33.7 Å². The predicted molar refractivity (Wildman–Crippen MR) is 53.1 cm³/mol. The van der Waals surface area contributed by atoms with Crippen molar-refractivity contribution in [1.82, 2.24) is 10.6 Å². The molecular formula is C9H22N2O. The summed E-state index contributed by atoms with van der Waals surface area (Å²) >= 11 is 0. The highest BCUT2D eigenvalue weighted by Gasteiger charge is 2.17. The fraction of sp³-hybridized carbons (Fsp3) is 0.889. The van der Waals surface area contributed by atoms with Crippen LogP contribution in [-0.4, -0.2) is 26.0 Å². The van der Waals surface area contributed by atoms with Gasteiger partial charge in [-0.3, -0.25) is 4.79 Å². The summed E-state index contributed by atoms with van der Waals surface area (Å²) in [5.41, 5.74) is 0. The molecule has 3 nitrogen and oxygen atoms in total. The molecule has 0 saturated heterocycles. The zero-order valence-corrected chi connectivity index (χ0v) is 9.06. The molecule has 0 radical (unpaired) electrons. The van der Waals surface area contributed by atoms with Crippen molar-refractivity contribution in [1.29, 1.82) is 0 Å². The molecule has 0 aliphatic heterocycles. The first-order valence-corrected chi connectivity index (χ1v) is 4.52. The van der Waals surface area contributed by atoms with E-state index >= 15 is 0 Å². The Morgan fingerprint density at radius 3 is 1.67 bits per heavy atom. The molecule has 0 aromatic carbocycles. The van der Waals surface area contributed by atoms with Gasteiger partial charge in [-0.15, -0.1) is 0 Å². The van der Waals surface area contributed by atoms with Gasteiger partial charge in [-0.1, -0.05) is 27.7 Å². The Morgan fingerprint density at radius 1 is 1.17 bits per heavy atom. The fourth-order valence-corrected chi connectivity index (χ4v) is 0.923. The van der Waals surface area contributed by atoms with E-state index in [9.17, 15) is 4.79 Å². The first kappa shape index (κ1) is 14.0. The van der Waals surface area contributed by atoms with Crippen molar-refractivity contribution in [3.05, 3.63) is 0 Å². The van der Waals surface area contributed by atoms with Crippen LogP contribution < -0.4 is 10.6 Å². The average Bonchev–Trinajstić information content (AvgIpc) is 2.08. The molecule has 0 saturated carbocycles. The molecule has 0 spiro atoms. The van der Waals surface area contributed by atoms with E-state index in [1.165, 1.54) is 0 Å². The summed E-state index contributed by atoms with van der Waals surface area (Å²) in [4.78, 5) is 11.0. The lowest BCUT2D eigenvalue weighted by Crippen LogP contribution is -2.44.